The van der Waals surface area contributed by atoms with Crippen LogP contribution in [0.25, 0.3) is 0 Å². The number of ether oxygens (including phenoxy) is 1. The van der Waals surface area contributed by atoms with E-state index in [1.807, 2.05) is 0 Å². The van der Waals surface area contributed by atoms with E-state index in [1.54, 1.807) is 19.1 Å². The lowest BCUT2D eigenvalue weighted by molar-refractivity contribution is -0.384. The van der Waals surface area contributed by atoms with Gasteiger partial charge < -0.3 is 9.84 Å². The second-order valence-corrected chi connectivity index (χ2v) is 8.25. The van der Waals surface area contributed by atoms with Crippen LogP contribution in [0.1, 0.15) is 12.5 Å². The molecular formula is C18H20N4O6S. The summed E-state index contributed by atoms with van der Waals surface area (Å²) >= 11 is 0. The minimum atomic E-state index is -3.85. The first kappa shape index (κ1) is 20.7. The van der Waals surface area contributed by atoms with Gasteiger partial charge in [-0.2, -0.15) is 9.41 Å². The summed E-state index contributed by atoms with van der Waals surface area (Å²) in [5, 5.41) is 25.0. The second-order valence-electron chi connectivity index (χ2n) is 6.31. The van der Waals surface area contributed by atoms with E-state index in [0.717, 1.165) is 6.07 Å². The molecule has 0 spiro atoms. The zero-order valence-corrected chi connectivity index (χ0v) is 16.4. The zero-order chi connectivity index (χ0) is 21.0. The number of nitrogens with zero attached hydrogens (tertiary/aromatic N) is 3. The van der Waals surface area contributed by atoms with Gasteiger partial charge in [0, 0.05) is 19.2 Å². The predicted octanol–water partition coefficient (Wildman–Crippen LogP) is 2.16. The number of hydrogen-bond acceptors (Lipinski definition) is 8. The van der Waals surface area contributed by atoms with Crippen molar-refractivity contribution >= 4 is 27.1 Å². The lowest BCUT2D eigenvalue weighted by Gasteiger charge is -2.26. The fraction of sp³-hybridized carbons (Fsp3) is 0.278. The molecule has 1 heterocycles. The summed E-state index contributed by atoms with van der Waals surface area (Å²) < 4.78 is 31.9. The third-order valence-corrected chi connectivity index (χ3v) is 6.30. The Morgan fingerprint density at radius 3 is 2.48 bits per heavy atom. The van der Waals surface area contributed by atoms with Crippen molar-refractivity contribution in [3.8, 4) is 5.75 Å². The fourth-order valence-corrected chi connectivity index (χ4v) is 4.19. The van der Waals surface area contributed by atoms with Crippen LogP contribution >= 0.6 is 0 Å². The molecule has 1 aliphatic rings. The molecule has 1 saturated heterocycles. The number of rotatable bonds is 6. The van der Waals surface area contributed by atoms with Crippen molar-refractivity contribution in [2.24, 2.45) is 5.10 Å². The minimum Gasteiger partial charge on any atom is -0.508 e. The molecule has 0 saturated carbocycles. The molecule has 29 heavy (non-hydrogen) atoms. The zero-order valence-electron chi connectivity index (χ0n) is 15.6. The molecule has 2 aromatic rings. The van der Waals surface area contributed by atoms with Gasteiger partial charge in [-0.15, -0.1) is 0 Å². The van der Waals surface area contributed by atoms with E-state index in [0.29, 0.717) is 11.3 Å². The molecule has 154 valence electrons. The fourth-order valence-electron chi connectivity index (χ4n) is 2.76. The molecule has 0 aromatic heterocycles. The van der Waals surface area contributed by atoms with Gasteiger partial charge >= 0.3 is 0 Å². The maximum atomic E-state index is 12.7. The van der Waals surface area contributed by atoms with Crippen molar-refractivity contribution in [2.75, 3.05) is 31.7 Å². The summed E-state index contributed by atoms with van der Waals surface area (Å²) in [5.41, 5.74) is 3.53. The molecular weight excluding hydrogens is 400 g/mol. The van der Waals surface area contributed by atoms with Crippen molar-refractivity contribution in [3.05, 3.63) is 58.1 Å². The third-order valence-electron chi connectivity index (χ3n) is 4.40. The molecule has 3 rings (SSSR count). The molecule has 0 aliphatic carbocycles. The average molecular weight is 420 g/mol. The summed E-state index contributed by atoms with van der Waals surface area (Å²) in [6, 6.07) is 9.97. The normalized spacial score (nSPS) is 15.8. The third kappa shape index (κ3) is 4.70. The number of nitro benzene ring substituents is 1. The van der Waals surface area contributed by atoms with E-state index in [4.69, 9.17) is 4.74 Å². The van der Waals surface area contributed by atoms with Crippen LogP contribution in [0.2, 0.25) is 0 Å². The molecule has 11 heteroatoms. The van der Waals surface area contributed by atoms with E-state index in [9.17, 15) is 23.6 Å². The Morgan fingerprint density at radius 1 is 1.21 bits per heavy atom. The van der Waals surface area contributed by atoms with Gasteiger partial charge in [0.15, 0.2) is 0 Å². The number of benzene rings is 2. The maximum Gasteiger partial charge on any atom is 0.295 e. The number of aromatic hydroxyl groups is 1. The molecule has 2 N–H and O–H groups in total. The highest BCUT2D eigenvalue weighted by Gasteiger charge is 2.28. The van der Waals surface area contributed by atoms with Gasteiger partial charge in [0.2, 0.25) is 10.0 Å². The Hall–Kier alpha value is -3.02. The summed E-state index contributed by atoms with van der Waals surface area (Å²) in [6.45, 7) is 2.67. The van der Waals surface area contributed by atoms with Crippen LogP contribution in [0, 0.1) is 10.1 Å². The highest BCUT2D eigenvalue weighted by Crippen LogP contribution is 2.29. The van der Waals surface area contributed by atoms with Gasteiger partial charge in [-0.05, 0) is 48.9 Å². The van der Waals surface area contributed by atoms with Crippen LogP contribution in [0.3, 0.4) is 0 Å². The van der Waals surface area contributed by atoms with Gasteiger partial charge in [0.25, 0.3) is 5.69 Å². The lowest BCUT2D eigenvalue weighted by atomic mass is 10.1. The molecule has 10 nitrogen and oxygen atoms in total. The van der Waals surface area contributed by atoms with Crippen molar-refractivity contribution in [1.29, 1.82) is 0 Å². The number of sulfonamides is 1. The number of hydrogen-bond donors (Lipinski definition) is 2. The van der Waals surface area contributed by atoms with Gasteiger partial charge in [-0.1, -0.05) is 0 Å². The quantitative estimate of drug-likeness (QED) is 0.415. The predicted molar refractivity (Wildman–Crippen MR) is 107 cm³/mol. The van der Waals surface area contributed by atoms with Crippen molar-refractivity contribution < 1.29 is 23.2 Å². The van der Waals surface area contributed by atoms with Crippen molar-refractivity contribution in [1.82, 2.24) is 4.31 Å². The first-order valence-electron chi connectivity index (χ1n) is 8.75. The van der Waals surface area contributed by atoms with Gasteiger partial charge in [0.05, 0.1) is 28.7 Å². The first-order chi connectivity index (χ1) is 13.8. The molecule has 1 fully saturated rings. The number of nitro groups is 1. The molecule has 1 aliphatic heterocycles. The van der Waals surface area contributed by atoms with E-state index in [-0.39, 0.29) is 42.6 Å². The Bertz CT molecular complexity index is 1030. The summed E-state index contributed by atoms with van der Waals surface area (Å²) in [4.78, 5) is 10.7. The number of nitrogens with one attached hydrogen (secondary N) is 1. The number of hydrazone groups is 1. The summed E-state index contributed by atoms with van der Waals surface area (Å²) in [5.74, 6) is 0.113. The number of anilines is 1. The lowest BCUT2D eigenvalue weighted by Crippen LogP contribution is -2.40. The Kier molecular flexibility index (Phi) is 6.11. The highest BCUT2D eigenvalue weighted by molar-refractivity contribution is 7.89. The smallest absolute Gasteiger partial charge is 0.295 e. The SMILES string of the molecule is CC(=NNc1ccc(S(=O)(=O)N2CCOCC2)cc1[N+](=O)[O-])c1ccc(O)cc1. The first-order valence-corrected chi connectivity index (χ1v) is 10.2. The van der Waals surface area contributed by atoms with Gasteiger partial charge in [-0.3, -0.25) is 15.5 Å². The highest BCUT2D eigenvalue weighted by atomic mass is 32.2. The number of phenols is 1. The number of morpholine rings is 1. The van der Waals surface area contributed by atoms with Gasteiger partial charge in [0.1, 0.15) is 11.4 Å². The van der Waals surface area contributed by atoms with Crippen LogP contribution < -0.4 is 5.43 Å². The van der Waals surface area contributed by atoms with Crippen molar-refractivity contribution in [3.63, 3.8) is 0 Å². The Labute approximate surface area is 167 Å². The Balaban J connectivity index is 1.87. The minimum absolute atomic E-state index is 0.0639. The van der Waals surface area contributed by atoms with Crippen LogP contribution in [0.4, 0.5) is 11.4 Å². The molecule has 0 atom stereocenters. The standard InChI is InChI=1S/C18H20N4O6S/c1-13(14-2-4-15(23)5-3-14)19-20-17-7-6-16(12-18(17)22(24)25)29(26,27)21-8-10-28-11-9-21/h2-7,12,20,23H,8-11H2,1H3. The summed E-state index contributed by atoms with van der Waals surface area (Å²) in [7, 11) is -3.85. The van der Waals surface area contributed by atoms with Crippen LogP contribution in [-0.2, 0) is 14.8 Å². The van der Waals surface area contributed by atoms with Crippen LogP contribution in [-0.4, -0.2) is 54.8 Å². The van der Waals surface area contributed by atoms with Gasteiger partial charge in [-0.25, -0.2) is 8.42 Å². The topological polar surface area (TPSA) is 134 Å². The molecule has 0 unspecified atom stereocenters. The molecule has 0 radical (unpaired) electrons. The monoisotopic (exact) mass is 420 g/mol. The molecule has 0 amide bonds. The maximum absolute atomic E-state index is 12.7. The van der Waals surface area contributed by atoms with E-state index in [1.165, 1.54) is 28.6 Å². The van der Waals surface area contributed by atoms with E-state index < -0.39 is 20.6 Å². The second kappa shape index (κ2) is 8.55. The largest absolute Gasteiger partial charge is 0.508 e. The van der Waals surface area contributed by atoms with E-state index in [2.05, 4.69) is 10.5 Å². The van der Waals surface area contributed by atoms with Crippen LogP contribution in [0.5, 0.6) is 5.75 Å². The van der Waals surface area contributed by atoms with Crippen molar-refractivity contribution in [2.45, 2.75) is 11.8 Å². The van der Waals surface area contributed by atoms with Crippen LogP contribution in [0.15, 0.2) is 52.5 Å². The van der Waals surface area contributed by atoms with E-state index >= 15 is 0 Å². The molecule has 0 bridgehead atoms. The Morgan fingerprint density at radius 2 is 1.86 bits per heavy atom. The molecule has 2 aromatic carbocycles. The average Bonchev–Trinajstić information content (AvgIpc) is 2.73. The summed E-state index contributed by atoms with van der Waals surface area (Å²) in [6.07, 6.45) is 0. The number of phenolic OH excluding ortho intramolecular Hbond substituents is 1.